The molecule has 1 aromatic carbocycles. The standard InChI is InChI=1S/C12H8BrIN2O2/c13-7-1-4-11(15-6-7)16-12(18)9-5-8(14)2-3-10(9)17/h1-6,17H,(H,15,16,18). The average molecular weight is 419 g/mol. The zero-order valence-corrected chi connectivity index (χ0v) is 12.8. The van der Waals surface area contributed by atoms with E-state index in [-0.39, 0.29) is 17.2 Å². The molecule has 2 aromatic rings. The number of phenolic OH excluding ortho intramolecular Hbond substituents is 1. The minimum atomic E-state index is -0.388. The molecular formula is C12H8BrIN2O2. The number of nitrogens with one attached hydrogen (secondary N) is 1. The highest BCUT2D eigenvalue weighted by atomic mass is 127. The lowest BCUT2D eigenvalue weighted by Crippen LogP contribution is -2.13. The Morgan fingerprint density at radius 3 is 2.78 bits per heavy atom. The molecule has 6 heteroatoms. The van der Waals surface area contributed by atoms with E-state index in [0.29, 0.717) is 5.82 Å². The number of carbonyl (C=O) groups is 1. The first-order valence-corrected chi connectivity index (χ1v) is 6.85. The van der Waals surface area contributed by atoms with Crippen molar-refractivity contribution >= 4 is 50.2 Å². The summed E-state index contributed by atoms with van der Waals surface area (Å²) < 4.78 is 1.71. The van der Waals surface area contributed by atoms with Crippen LogP contribution in [-0.4, -0.2) is 16.0 Å². The van der Waals surface area contributed by atoms with E-state index < -0.39 is 0 Å². The molecule has 0 saturated carbocycles. The summed E-state index contributed by atoms with van der Waals surface area (Å²) >= 11 is 5.34. The Morgan fingerprint density at radius 1 is 1.33 bits per heavy atom. The smallest absolute Gasteiger partial charge is 0.260 e. The third-order valence-corrected chi connectivity index (χ3v) is 3.31. The van der Waals surface area contributed by atoms with Crippen molar-refractivity contribution in [1.29, 1.82) is 0 Å². The van der Waals surface area contributed by atoms with Crippen LogP contribution in [0.25, 0.3) is 0 Å². The summed E-state index contributed by atoms with van der Waals surface area (Å²) in [5, 5.41) is 12.3. The van der Waals surface area contributed by atoms with Crippen LogP contribution in [0.4, 0.5) is 5.82 Å². The highest BCUT2D eigenvalue weighted by Crippen LogP contribution is 2.21. The van der Waals surface area contributed by atoms with Gasteiger partial charge in [-0.15, -0.1) is 0 Å². The largest absolute Gasteiger partial charge is 0.507 e. The molecule has 18 heavy (non-hydrogen) atoms. The van der Waals surface area contributed by atoms with Gasteiger partial charge in [0.1, 0.15) is 11.6 Å². The lowest BCUT2D eigenvalue weighted by molar-refractivity contribution is 0.102. The Bertz CT molecular complexity index is 587. The van der Waals surface area contributed by atoms with Crippen molar-refractivity contribution < 1.29 is 9.90 Å². The third-order valence-electron chi connectivity index (χ3n) is 2.17. The molecule has 0 fully saturated rings. The summed E-state index contributed by atoms with van der Waals surface area (Å²) in [6.45, 7) is 0. The number of pyridine rings is 1. The van der Waals surface area contributed by atoms with Crippen LogP contribution < -0.4 is 5.32 Å². The van der Waals surface area contributed by atoms with Crippen LogP contribution in [0.5, 0.6) is 5.75 Å². The summed E-state index contributed by atoms with van der Waals surface area (Å²) in [7, 11) is 0. The molecule has 1 amide bonds. The summed E-state index contributed by atoms with van der Waals surface area (Å²) in [5.74, 6) is -0.00710. The van der Waals surface area contributed by atoms with E-state index in [1.807, 2.05) is 0 Å². The van der Waals surface area contributed by atoms with Crippen molar-refractivity contribution in [3.8, 4) is 5.75 Å². The van der Waals surface area contributed by atoms with E-state index in [1.165, 1.54) is 6.07 Å². The van der Waals surface area contributed by atoms with Gasteiger partial charge in [0.15, 0.2) is 0 Å². The van der Waals surface area contributed by atoms with Crippen LogP contribution in [0.3, 0.4) is 0 Å². The molecular weight excluding hydrogens is 411 g/mol. The molecule has 0 unspecified atom stereocenters. The zero-order valence-electron chi connectivity index (χ0n) is 9.02. The molecule has 1 aromatic heterocycles. The molecule has 0 aliphatic heterocycles. The number of phenols is 1. The van der Waals surface area contributed by atoms with Gasteiger partial charge in [-0.25, -0.2) is 4.98 Å². The first kappa shape index (κ1) is 13.3. The number of aromatic nitrogens is 1. The minimum Gasteiger partial charge on any atom is -0.507 e. The Kier molecular flexibility index (Phi) is 4.18. The number of carbonyl (C=O) groups excluding carboxylic acids is 1. The molecule has 2 rings (SSSR count). The molecule has 0 aliphatic carbocycles. The van der Waals surface area contributed by atoms with Gasteiger partial charge in [0.2, 0.25) is 0 Å². The molecule has 0 spiro atoms. The van der Waals surface area contributed by atoms with Gasteiger partial charge in [-0.1, -0.05) is 0 Å². The highest BCUT2D eigenvalue weighted by molar-refractivity contribution is 14.1. The lowest BCUT2D eigenvalue weighted by atomic mass is 10.2. The first-order valence-electron chi connectivity index (χ1n) is 4.97. The fourth-order valence-electron chi connectivity index (χ4n) is 1.32. The quantitative estimate of drug-likeness (QED) is 0.734. The summed E-state index contributed by atoms with van der Waals surface area (Å²) in [6.07, 6.45) is 1.59. The van der Waals surface area contributed by atoms with Gasteiger partial charge in [-0.05, 0) is 68.9 Å². The van der Waals surface area contributed by atoms with Crippen molar-refractivity contribution in [2.75, 3.05) is 5.32 Å². The van der Waals surface area contributed by atoms with Crippen molar-refractivity contribution in [3.63, 3.8) is 0 Å². The number of amides is 1. The van der Waals surface area contributed by atoms with Crippen LogP contribution in [0.1, 0.15) is 10.4 Å². The van der Waals surface area contributed by atoms with Gasteiger partial charge in [0, 0.05) is 14.2 Å². The summed E-state index contributed by atoms with van der Waals surface area (Å²) in [6, 6.07) is 8.28. The molecule has 92 valence electrons. The maximum atomic E-state index is 11.9. The van der Waals surface area contributed by atoms with Crippen LogP contribution in [0, 0.1) is 3.57 Å². The van der Waals surface area contributed by atoms with Gasteiger partial charge in [0.05, 0.1) is 5.56 Å². The number of anilines is 1. The van der Waals surface area contributed by atoms with Gasteiger partial charge in [-0.2, -0.15) is 0 Å². The first-order chi connectivity index (χ1) is 8.56. The van der Waals surface area contributed by atoms with Gasteiger partial charge < -0.3 is 10.4 Å². The molecule has 4 nitrogen and oxygen atoms in total. The number of hydrogen-bond donors (Lipinski definition) is 2. The number of benzene rings is 1. The van der Waals surface area contributed by atoms with Crippen LogP contribution in [0.15, 0.2) is 41.0 Å². The molecule has 0 bridgehead atoms. The number of nitrogens with zero attached hydrogens (tertiary/aromatic N) is 1. The predicted octanol–water partition coefficient (Wildman–Crippen LogP) is 3.41. The van der Waals surface area contributed by atoms with Gasteiger partial charge in [0.25, 0.3) is 5.91 Å². The second-order valence-electron chi connectivity index (χ2n) is 3.48. The van der Waals surface area contributed by atoms with Crippen molar-refractivity contribution in [3.05, 3.63) is 50.1 Å². The molecule has 1 heterocycles. The minimum absolute atomic E-state index is 0.0509. The summed E-state index contributed by atoms with van der Waals surface area (Å²) in [5.41, 5.74) is 0.228. The van der Waals surface area contributed by atoms with Gasteiger partial charge >= 0.3 is 0 Å². The predicted molar refractivity (Wildman–Crippen MR) is 80.7 cm³/mol. The molecule has 0 aliphatic rings. The number of halogens is 2. The number of hydrogen-bond acceptors (Lipinski definition) is 3. The van der Waals surface area contributed by atoms with Crippen LogP contribution in [0.2, 0.25) is 0 Å². The lowest BCUT2D eigenvalue weighted by Gasteiger charge is -2.06. The number of rotatable bonds is 2. The Labute approximate surface area is 126 Å². The van der Waals surface area contributed by atoms with E-state index in [0.717, 1.165) is 8.04 Å². The van der Waals surface area contributed by atoms with Crippen LogP contribution >= 0.6 is 38.5 Å². The Balaban J connectivity index is 2.21. The van der Waals surface area contributed by atoms with E-state index >= 15 is 0 Å². The molecule has 0 radical (unpaired) electrons. The van der Waals surface area contributed by atoms with E-state index in [2.05, 4.69) is 48.8 Å². The van der Waals surface area contributed by atoms with Crippen molar-refractivity contribution in [2.45, 2.75) is 0 Å². The Hall–Kier alpha value is -1.15. The molecule has 0 saturated heterocycles. The SMILES string of the molecule is O=C(Nc1ccc(Br)cn1)c1cc(I)ccc1O. The fraction of sp³-hybridized carbons (Fsp3) is 0. The molecule has 0 atom stereocenters. The second kappa shape index (κ2) is 5.66. The maximum absolute atomic E-state index is 11.9. The normalized spacial score (nSPS) is 10.1. The maximum Gasteiger partial charge on any atom is 0.260 e. The molecule has 2 N–H and O–H groups in total. The summed E-state index contributed by atoms with van der Waals surface area (Å²) in [4.78, 5) is 16.0. The fourth-order valence-corrected chi connectivity index (χ4v) is 2.05. The third kappa shape index (κ3) is 3.20. The van der Waals surface area contributed by atoms with Crippen molar-refractivity contribution in [1.82, 2.24) is 4.98 Å². The topological polar surface area (TPSA) is 62.2 Å². The highest BCUT2D eigenvalue weighted by Gasteiger charge is 2.12. The van der Waals surface area contributed by atoms with Gasteiger partial charge in [-0.3, -0.25) is 4.79 Å². The van der Waals surface area contributed by atoms with Crippen molar-refractivity contribution in [2.24, 2.45) is 0 Å². The average Bonchev–Trinajstić information content (AvgIpc) is 2.35. The zero-order chi connectivity index (χ0) is 13.1. The number of aromatic hydroxyl groups is 1. The Morgan fingerprint density at radius 2 is 2.11 bits per heavy atom. The van der Waals surface area contributed by atoms with E-state index in [1.54, 1.807) is 30.5 Å². The van der Waals surface area contributed by atoms with Crippen LogP contribution in [-0.2, 0) is 0 Å². The van der Waals surface area contributed by atoms with E-state index in [4.69, 9.17) is 0 Å². The monoisotopic (exact) mass is 418 g/mol. The second-order valence-corrected chi connectivity index (χ2v) is 5.64. The van der Waals surface area contributed by atoms with E-state index in [9.17, 15) is 9.90 Å².